The van der Waals surface area contributed by atoms with Crippen molar-refractivity contribution < 1.29 is 19.4 Å². The van der Waals surface area contributed by atoms with Crippen molar-refractivity contribution in [3.05, 3.63) is 63.6 Å². The summed E-state index contributed by atoms with van der Waals surface area (Å²) in [4.78, 5) is 39.9. The molecule has 1 aromatic heterocycles. The molecule has 150 valence electrons. The number of amides is 2. The van der Waals surface area contributed by atoms with Gasteiger partial charge in [-0.2, -0.15) is 0 Å². The van der Waals surface area contributed by atoms with Crippen molar-refractivity contribution in [3.8, 4) is 5.75 Å². The number of carbonyl (C=O) groups excluding carboxylic acids is 2. The Hall–Kier alpha value is -3.13. The molecule has 1 saturated carbocycles. The number of carbonyl (C=O) groups is 2. The number of hydrogen-bond acceptors (Lipinski definition) is 5. The Labute approximate surface area is 166 Å². The molecule has 0 radical (unpaired) electrons. The maximum Gasteiger partial charge on any atom is 0.276 e. The fourth-order valence-electron chi connectivity index (χ4n) is 4.59. The van der Waals surface area contributed by atoms with E-state index in [9.17, 15) is 19.5 Å². The van der Waals surface area contributed by atoms with E-state index in [4.69, 9.17) is 4.74 Å². The summed E-state index contributed by atoms with van der Waals surface area (Å²) in [6, 6.07) is 9.38. The molecule has 2 amide bonds. The third-order valence-electron chi connectivity index (χ3n) is 6.00. The van der Waals surface area contributed by atoms with Crippen LogP contribution < -0.4 is 10.7 Å². The van der Waals surface area contributed by atoms with E-state index in [-0.39, 0.29) is 36.5 Å². The highest BCUT2D eigenvalue weighted by Crippen LogP contribution is 2.38. The van der Waals surface area contributed by atoms with Gasteiger partial charge in [0.25, 0.3) is 11.8 Å². The van der Waals surface area contributed by atoms with E-state index in [1.54, 1.807) is 4.90 Å². The van der Waals surface area contributed by atoms with Gasteiger partial charge in [-0.15, -0.1) is 0 Å². The summed E-state index contributed by atoms with van der Waals surface area (Å²) in [7, 11) is 0. The quantitative estimate of drug-likeness (QED) is 0.814. The zero-order valence-corrected chi connectivity index (χ0v) is 15.7. The number of benzene rings is 1. The second-order valence-corrected chi connectivity index (χ2v) is 7.78. The second kappa shape index (κ2) is 6.73. The van der Waals surface area contributed by atoms with Gasteiger partial charge in [0, 0.05) is 18.8 Å². The molecule has 8 nitrogen and oxygen atoms in total. The van der Waals surface area contributed by atoms with Crippen LogP contribution in [-0.4, -0.2) is 44.8 Å². The first-order valence-electron chi connectivity index (χ1n) is 9.79. The summed E-state index contributed by atoms with van der Waals surface area (Å²) in [5.41, 5.74) is -0.210. The van der Waals surface area contributed by atoms with Gasteiger partial charge < -0.3 is 24.6 Å². The molecule has 2 fully saturated rings. The minimum absolute atomic E-state index is 0.0696. The first kappa shape index (κ1) is 17.9. The molecule has 1 aromatic carbocycles. The van der Waals surface area contributed by atoms with Crippen LogP contribution >= 0.6 is 0 Å². The Morgan fingerprint density at radius 1 is 1.21 bits per heavy atom. The van der Waals surface area contributed by atoms with Crippen molar-refractivity contribution >= 4 is 11.8 Å². The molecular weight excluding hydrogens is 374 g/mol. The third-order valence-corrected chi connectivity index (χ3v) is 6.00. The van der Waals surface area contributed by atoms with Crippen molar-refractivity contribution in [3.63, 3.8) is 0 Å². The molecule has 5 rings (SSSR count). The number of aromatic hydroxyl groups is 1. The van der Waals surface area contributed by atoms with Gasteiger partial charge in [-0.05, 0) is 24.8 Å². The first-order valence-corrected chi connectivity index (χ1v) is 9.79. The van der Waals surface area contributed by atoms with Crippen LogP contribution in [0.15, 0.2) is 41.3 Å². The summed E-state index contributed by atoms with van der Waals surface area (Å²) < 4.78 is 7.48. The van der Waals surface area contributed by atoms with Crippen molar-refractivity contribution in [1.29, 1.82) is 0 Å². The van der Waals surface area contributed by atoms with Gasteiger partial charge in [-0.3, -0.25) is 14.4 Å². The largest absolute Gasteiger partial charge is 0.503 e. The van der Waals surface area contributed by atoms with Crippen LogP contribution in [0.4, 0.5) is 0 Å². The number of aromatic nitrogens is 1. The van der Waals surface area contributed by atoms with E-state index in [1.807, 2.05) is 30.3 Å². The maximum atomic E-state index is 13.0. The van der Waals surface area contributed by atoms with Gasteiger partial charge in [0.2, 0.25) is 5.43 Å². The highest BCUT2D eigenvalue weighted by atomic mass is 16.5. The highest BCUT2D eigenvalue weighted by Gasteiger charge is 2.47. The smallest absolute Gasteiger partial charge is 0.276 e. The molecule has 29 heavy (non-hydrogen) atoms. The zero-order chi connectivity index (χ0) is 20.1. The zero-order valence-electron chi connectivity index (χ0n) is 15.7. The van der Waals surface area contributed by atoms with Crippen molar-refractivity contribution in [2.24, 2.45) is 0 Å². The van der Waals surface area contributed by atoms with Gasteiger partial charge >= 0.3 is 0 Å². The van der Waals surface area contributed by atoms with Crippen LogP contribution in [0.3, 0.4) is 0 Å². The lowest BCUT2D eigenvalue weighted by molar-refractivity contribution is -0.132. The fraction of sp³-hybridized carbons (Fsp3) is 0.381. The average Bonchev–Trinajstić information content (AvgIpc) is 3.10. The van der Waals surface area contributed by atoms with E-state index in [2.05, 4.69) is 5.32 Å². The lowest BCUT2D eigenvalue weighted by atomic mass is 10.1. The minimum Gasteiger partial charge on any atom is -0.503 e. The van der Waals surface area contributed by atoms with E-state index in [0.717, 1.165) is 24.8 Å². The summed E-state index contributed by atoms with van der Waals surface area (Å²) >= 11 is 0. The normalized spacial score (nSPS) is 24.8. The number of nitrogens with one attached hydrogen (secondary N) is 1. The van der Waals surface area contributed by atoms with Gasteiger partial charge in [0.1, 0.15) is 5.56 Å². The van der Waals surface area contributed by atoms with E-state index in [1.165, 1.54) is 10.8 Å². The predicted octanol–water partition coefficient (Wildman–Crippen LogP) is 1.22. The monoisotopic (exact) mass is 395 g/mol. The lowest BCUT2D eigenvalue weighted by Gasteiger charge is -2.44. The van der Waals surface area contributed by atoms with Gasteiger partial charge in [-0.25, -0.2) is 0 Å². The van der Waals surface area contributed by atoms with Gasteiger partial charge in [0.15, 0.2) is 17.7 Å². The number of pyridine rings is 1. The SMILES string of the molecule is O=C(NCc1ccccc1)c1cn2c(c(O)c1=O)C(=O)N1C3CCC(C3)OC1C2. The van der Waals surface area contributed by atoms with E-state index >= 15 is 0 Å². The Morgan fingerprint density at radius 2 is 2.00 bits per heavy atom. The van der Waals surface area contributed by atoms with Gasteiger partial charge in [-0.1, -0.05) is 30.3 Å². The molecule has 0 spiro atoms. The molecule has 2 bridgehead atoms. The molecule has 3 atom stereocenters. The molecule has 2 N–H and O–H groups in total. The van der Waals surface area contributed by atoms with Crippen molar-refractivity contribution in [2.45, 2.75) is 50.7 Å². The second-order valence-electron chi connectivity index (χ2n) is 7.78. The standard InChI is InChI=1S/C21H21N3O5/c25-18-15(20(27)22-9-12-4-2-1-3-5-12)10-23-11-16-24(21(28)17(23)19(18)26)13-6-7-14(8-13)29-16/h1-5,10,13-14,16,26H,6-9,11H2,(H,22,27). The van der Waals surface area contributed by atoms with Crippen LogP contribution in [0.5, 0.6) is 5.75 Å². The molecule has 2 aromatic rings. The van der Waals surface area contributed by atoms with Gasteiger partial charge in [0.05, 0.1) is 12.6 Å². The van der Waals surface area contributed by atoms with E-state index < -0.39 is 29.2 Å². The van der Waals surface area contributed by atoms with E-state index in [0.29, 0.717) is 0 Å². The molecule has 1 aliphatic carbocycles. The molecule has 1 saturated heterocycles. The third kappa shape index (κ3) is 2.91. The lowest BCUT2D eigenvalue weighted by Crippen LogP contribution is -2.57. The number of hydrogen-bond donors (Lipinski definition) is 2. The minimum atomic E-state index is -0.837. The number of fused-ring (bicyclic) bond motifs is 5. The highest BCUT2D eigenvalue weighted by molar-refractivity contribution is 5.99. The number of rotatable bonds is 3. The van der Waals surface area contributed by atoms with Crippen LogP contribution in [0.2, 0.25) is 0 Å². The van der Waals surface area contributed by atoms with Crippen molar-refractivity contribution in [1.82, 2.24) is 14.8 Å². The molecule has 8 heteroatoms. The summed E-state index contributed by atoms with van der Waals surface area (Å²) in [5.74, 6) is -1.69. The maximum absolute atomic E-state index is 13.0. The fourth-order valence-corrected chi connectivity index (χ4v) is 4.59. The first-order chi connectivity index (χ1) is 14.0. The molecule has 3 heterocycles. The molecule has 3 unspecified atom stereocenters. The predicted molar refractivity (Wildman–Crippen MR) is 102 cm³/mol. The molecular formula is C21H21N3O5. The van der Waals surface area contributed by atoms with Crippen molar-refractivity contribution in [2.75, 3.05) is 0 Å². The Kier molecular flexibility index (Phi) is 4.16. The number of nitrogens with zero attached hydrogens (tertiary/aromatic N) is 2. The van der Waals surface area contributed by atoms with Crippen LogP contribution in [0.25, 0.3) is 0 Å². The average molecular weight is 395 g/mol. The van der Waals surface area contributed by atoms with Crippen LogP contribution in [-0.2, 0) is 17.8 Å². The van der Waals surface area contributed by atoms with Crippen LogP contribution in [0, 0.1) is 0 Å². The molecule has 2 aliphatic heterocycles. The Morgan fingerprint density at radius 3 is 2.79 bits per heavy atom. The summed E-state index contributed by atoms with van der Waals surface area (Å²) in [6.45, 7) is 0.532. The topological polar surface area (TPSA) is 101 Å². The number of ether oxygens (including phenoxy) is 1. The Balaban J connectivity index is 1.46. The Bertz CT molecular complexity index is 1050. The van der Waals surface area contributed by atoms with Crippen LogP contribution in [0.1, 0.15) is 45.7 Å². The summed E-state index contributed by atoms with van der Waals surface area (Å²) in [5, 5.41) is 13.2. The summed E-state index contributed by atoms with van der Waals surface area (Å²) in [6.07, 6.45) is 3.59. The molecule has 3 aliphatic rings.